The molecule has 1 aliphatic rings. The van der Waals surface area contributed by atoms with Gasteiger partial charge in [-0.1, -0.05) is 30.3 Å². The Morgan fingerprint density at radius 1 is 1.10 bits per heavy atom. The molecule has 5 nitrogen and oxygen atoms in total. The van der Waals surface area contributed by atoms with Crippen molar-refractivity contribution in [2.75, 3.05) is 40.3 Å². The number of likely N-dealkylation sites (N-methyl/N-ethyl adjacent to an activating group) is 1. The van der Waals surface area contributed by atoms with Gasteiger partial charge in [-0.2, -0.15) is 0 Å². The van der Waals surface area contributed by atoms with E-state index in [0.717, 1.165) is 38.3 Å². The molecule has 3 rings (SSSR count). The third-order valence-corrected chi connectivity index (χ3v) is 5.09. The number of carbonyl (C=O) groups is 1. The van der Waals surface area contributed by atoms with Crippen LogP contribution in [0.3, 0.4) is 0 Å². The van der Waals surface area contributed by atoms with Crippen molar-refractivity contribution in [3.05, 3.63) is 71.0 Å². The summed E-state index contributed by atoms with van der Waals surface area (Å²) < 4.78 is 18.6. The third kappa shape index (κ3) is 6.41. The van der Waals surface area contributed by atoms with Gasteiger partial charge in [0.2, 0.25) is 5.91 Å². The molecular weight excluding hydrogens is 369 g/mol. The maximum atomic E-state index is 13.7. The van der Waals surface area contributed by atoms with Crippen LogP contribution in [-0.4, -0.2) is 56.0 Å². The Bertz CT molecular complexity index is 844. The Hall–Kier alpha value is -2.70. The fourth-order valence-corrected chi connectivity index (χ4v) is 3.23. The molecular formula is C23H28FN3O2. The molecule has 1 saturated heterocycles. The number of nitrogens with one attached hydrogen (secondary N) is 1. The van der Waals surface area contributed by atoms with E-state index in [1.807, 2.05) is 12.1 Å². The van der Waals surface area contributed by atoms with E-state index in [1.54, 1.807) is 12.1 Å². The fraction of sp³-hybridized carbons (Fsp3) is 0.348. The van der Waals surface area contributed by atoms with E-state index in [2.05, 4.69) is 34.3 Å². The number of carbonyl (C=O) groups excluding carboxylic acids is 1. The summed E-state index contributed by atoms with van der Waals surface area (Å²) >= 11 is 0. The van der Waals surface area contributed by atoms with E-state index < -0.39 is 5.82 Å². The Balaban J connectivity index is 1.45. The van der Waals surface area contributed by atoms with Gasteiger partial charge in [0.25, 0.3) is 0 Å². The topological polar surface area (TPSA) is 44.8 Å². The molecule has 0 aliphatic carbocycles. The van der Waals surface area contributed by atoms with E-state index >= 15 is 0 Å². The predicted octanol–water partition coefficient (Wildman–Crippen LogP) is 2.91. The Kier molecular flexibility index (Phi) is 7.38. The maximum Gasteiger partial charge on any atom is 0.244 e. The largest absolute Gasteiger partial charge is 0.494 e. The van der Waals surface area contributed by atoms with Gasteiger partial charge in [0.1, 0.15) is 0 Å². The Morgan fingerprint density at radius 3 is 2.45 bits per heavy atom. The second kappa shape index (κ2) is 10.2. The number of amides is 1. The van der Waals surface area contributed by atoms with Crippen molar-refractivity contribution < 1.29 is 13.9 Å². The van der Waals surface area contributed by atoms with Crippen molar-refractivity contribution in [3.63, 3.8) is 0 Å². The maximum absolute atomic E-state index is 13.7. The smallest absolute Gasteiger partial charge is 0.244 e. The van der Waals surface area contributed by atoms with Gasteiger partial charge in [0.05, 0.1) is 7.11 Å². The molecule has 0 bridgehead atoms. The molecule has 0 radical (unpaired) electrons. The SMILES string of the molecule is COc1ccc(C=CC(=O)NCc2ccc(CN3CCN(C)CC3)cc2)cc1F. The van der Waals surface area contributed by atoms with Gasteiger partial charge in [-0.15, -0.1) is 0 Å². The highest BCUT2D eigenvalue weighted by molar-refractivity contribution is 5.91. The summed E-state index contributed by atoms with van der Waals surface area (Å²) in [7, 11) is 3.57. The average molecular weight is 397 g/mol. The molecule has 1 amide bonds. The first-order chi connectivity index (χ1) is 14.0. The van der Waals surface area contributed by atoms with Crippen molar-refractivity contribution in [2.45, 2.75) is 13.1 Å². The number of hydrogen-bond donors (Lipinski definition) is 1. The van der Waals surface area contributed by atoms with Crippen molar-refractivity contribution in [2.24, 2.45) is 0 Å². The Morgan fingerprint density at radius 2 is 1.79 bits per heavy atom. The molecule has 1 aliphatic heterocycles. The first kappa shape index (κ1) is 21.0. The molecule has 1 fully saturated rings. The summed E-state index contributed by atoms with van der Waals surface area (Å²) in [5, 5.41) is 2.85. The quantitative estimate of drug-likeness (QED) is 0.730. The van der Waals surface area contributed by atoms with Gasteiger partial charge >= 0.3 is 0 Å². The highest BCUT2D eigenvalue weighted by atomic mass is 19.1. The van der Waals surface area contributed by atoms with Gasteiger partial charge in [0.15, 0.2) is 11.6 Å². The Labute approximate surface area is 171 Å². The molecule has 0 aromatic heterocycles. The number of rotatable bonds is 7. The van der Waals surface area contributed by atoms with Crippen LogP contribution in [0.1, 0.15) is 16.7 Å². The summed E-state index contributed by atoms with van der Waals surface area (Å²) in [5.41, 5.74) is 2.93. The number of ether oxygens (including phenoxy) is 1. The molecule has 29 heavy (non-hydrogen) atoms. The van der Waals surface area contributed by atoms with Gasteiger partial charge in [-0.25, -0.2) is 4.39 Å². The van der Waals surface area contributed by atoms with Crippen molar-refractivity contribution in [3.8, 4) is 5.75 Å². The van der Waals surface area contributed by atoms with Crippen LogP contribution < -0.4 is 10.1 Å². The lowest BCUT2D eigenvalue weighted by Gasteiger charge is -2.32. The van der Waals surface area contributed by atoms with E-state index in [0.29, 0.717) is 12.1 Å². The van der Waals surface area contributed by atoms with Gasteiger partial charge in [0, 0.05) is 45.3 Å². The van der Waals surface area contributed by atoms with Crippen LogP contribution >= 0.6 is 0 Å². The van der Waals surface area contributed by atoms with Gasteiger partial charge in [-0.05, 0) is 41.9 Å². The van der Waals surface area contributed by atoms with E-state index in [1.165, 1.54) is 30.9 Å². The standard InChI is InChI=1S/C23H28FN3O2/c1-26-11-13-27(14-12-26)17-20-5-3-19(4-6-20)16-25-23(28)10-8-18-7-9-22(29-2)21(24)15-18/h3-10,15H,11-14,16-17H2,1-2H3,(H,25,28). The number of hydrogen-bond acceptors (Lipinski definition) is 4. The van der Waals surface area contributed by atoms with Crippen molar-refractivity contribution in [1.82, 2.24) is 15.1 Å². The zero-order valence-electron chi connectivity index (χ0n) is 17.0. The van der Waals surface area contributed by atoms with Gasteiger partial charge < -0.3 is 15.0 Å². The minimum atomic E-state index is -0.452. The second-order valence-electron chi connectivity index (χ2n) is 7.34. The van der Waals surface area contributed by atoms with Crippen LogP contribution in [0.2, 0.25) is 0 Å². The first-order valence-electron chi connectivity index (χ1n) is 9.81. The lowest BCUT2D eigenvalue weighted by Crippen LogP contribution is -2.43. The van der Waals surface area contributed by atoms with Crippen LogP contribution in [0, 0.1) is 5.82 Å². The van der Waals surface area contributed by atoms with Gasteiger partial charge in [-0.3, -0.25) is 9.69 Å². The highest BCUT2D eigenvalue weighted by Crippen LogP contribution is 2.18. The average Bonchev–Trinajstić information content (AvgIpc) is 2.73. The second-order valence-corrected chi connectivity index (χ2v) is 7.34. The summed E-state index contributed by atoms with van der Waals surface area (Å²) in [5.74, 6) is -0.489. The van der Waals surface area contributed by atoms with Crippen LogP contribution in [0.5, 0.6) is 5.75 Å². The number of halogens is 1. The van der Waals surface area contributed by atoms with Crippen LogP contribution in [0.15, 0.2) is 48.5 Å². The zero-order chi connectivity index (χ0) is 20.6. The van der Waals surface area contributed by atoms with Crippen molar-refractivity contribution >= 4 is 12.0 Å². The molecule has 0 saturated carbocycles. The number of benzene rings is 2. The van der Waals surface area contributed by atoms with E-state index in [-0.39, 0.29) is 11.7 Å². The molecule has 154 valence electrons. The monoisotopic (exact) mass is 397 g/mol. The molecule has 6 heteroatoms. The molecule has 1 N–H and O–H groups in total. The predicted molar refractivity (Wildman–Crippen MR) is 113 cm³/mol. The first-order valence-corrected chi connectivity index (χ1v) is 9.81. The lowest BCUT2D eigenvalue weighted by atomic mass is 10.1. The molecule has 0 unspecified atom stereocenters. The summed E-state index contributed by atoms with van der Waals surface area (Å²) in [6.45, 7) is 5.83. The number of piperazine rings is 1. The van der Waals surface area contributed by atoms with E-state index in [9.17, 15) is 9.18 Å². The molecule has 0 spiro atoms. The number of nitrogens with zero attached hydrogens (tertiary/aromatic N) is 2. The normalized spacial score (nSPS) is 15.6. The molecule has 2 aromatic rings. The van der Waals surface area contributed by atoms with Crippen LogP contribution in [0.25, 0.3) is 6.08 Å². The lowest BCUT2D eigenvalue weighted by molar-refractivity contribution is -0.116. The molecule has 0 atom stereocenters. The third-order valence-electron chi connectivity index (χ3n) is 5.09. The summed E-state index contributed by atoms with van der Waals surface area (Å²) in [6, 6.07) is 12.9. The van der Waals surface area contributed by atoms with Crippen molar-refractivity contribution in [1.29, 1.82) is 0 Å². The van der Waals surface area contributed by atoms with E-state index in [4.69, 9.17) is 4.74 Å². The minimum Gasteiger partial charge on any atom is -0.494 e. The van der Waals surface area contributed by atoms with Crippen LogP contribution in [-0.2, 0) is 17.9 Å². The zero-order valence-corrected chi connectivity index (χ0v) is 17.0. The fourth-order valence-electron chi connectivity index (χ4n) is 3.23. The number of methoxy groups -OCH3 is 1. The summed E-state index contributed by atoms with van der Waals surface area (Å²) in [4.78, 5) is 16.8. The highest BCUT2D eigenvalue weighted by Gasteiger charge is 2.13. The summed E-state index contributed by atoms with van der Waals surface area (Å²) in [6.07, 6.45) is 2.99. The molecule has 1 heterocycles. The van der Waals surface area contributed by atoms with Crippen LogP contribution in [0.4, 0.5) is 4.39 Å². The minimum absolute atomic E-state index is 0.183. The molecule has 2 aromatic carbocycles.